The molecule has 100 valence electrons. The fraction of sp³-hybridized carbons (Fsp3) is 0.0588. The number of fused-ring (bicyclic) bond motifs is 1. The largest absolute Gasteiger partial charge is 0.364 e. The first-order valence-corrected chi connectivity index (χ1v) is 6.34. The molecule has 0 saturated heterocycles. The van der Waals surface area contributed by atoms with Crippen LogP contribution >= 0.6 is 0 Å². The van der Waals surface area contributed by atoms with Gasteiger partial charge in [0.1, 0.15) is 5.69 Å². The molecule has 3 heteroatoms. The minimum atomic E-state index is -0.495. The number of hydrogen-bond donors (Lipinski definition) is 1. The summed E-state index contributed by atoms with van der Waals surface area (Å²) in [7, 11) is 0. The molecule has 1 heterocycles. The van der Waals surface area contributed by atoms with Crippen molar-refractivity contribution in [1.82, 2.24) is 4.98 Å². The number of nitrogens with zero attached hydrogens (tertiary/aromatic N) is 1. The Hall–Kier alpha value is -2.68. The molecule has 1 aromatic heterocycles. The van der Waals surface area contributed by atoms with E-state index in [-0.39, 0.29) is 0 Å². The first-order chi connectivity index (χ1) is 9.66. The van der Waals surface area contributed by atoms with Crippen LogP contribution in [0.3, 0.4) is 0 Å². The summed E-state index contributed by atoms with van der Waals surface area (Å²) in [5.74, 6) is -0.495. The van der Waals surface area contributed by atoms with E-state index in [9.17, 15) is 4.79 Å². The summed E-state index contributed by atoms with van der Waals surface area (Å²) in [6.45, 7) is 2.08. The maximum Gasteiger partial charge on any atom is 0.267 e. The van der Waals surface area contributed by atoms with Crippen LogP contribution in [0.2, 0.25) is 0 Å². The molecule has 0 aliphatic heterocycles. The third kappa shape index (κ3) is 3.65. The van der Waals surface area contributed by atoms with Crippen molar-refractivity contribution < 1.29 is 4.79 Å². The molecule has 0 radical (unpaired) electrons. The smallest absolute Gasteiger partial charge is 0.267 e. The number of carbonyl (C=O) groups is 1. The molecule has 0 spiro atoms. The first-order valence-electron chi connectivity index (χ1n) is 6.34. The molecule has 0 bridgehead atoms. The highest BCUT2D eigenvalue weighted by Gasteiger charge is 2.01. The lowest BCUT2D eigenvalue weighted by atomic mass is 10.2. The first kappa shape index (κ1) is 13.7. The van der Waals surface area contributed by atoms with Crippen LogP contribution in [-0.4, -0.2) is 10.9 Å². The van der Waals surface area contributed by atoms with E-state index in [4.69, 9.17) is 5.73 Å². The summed E-state index contributed by atoms with van der Waals surface area (Å²) in [5.41, 5.74) is 7.52. The quantitative estimate of drug-likeness (QED) is 0.733. The number of rotatable bonds is 1. The topological polar surface area (TPSA) is 56.0 Å². The molecule has 0 fully saturated rings. The summed E-state index contributed by atoms with van der Waals surface area (Å²) in [4.78, 5) is 14.9. The Balaban J connectivity index is 0.000000178. The minimum absolute atomic E-state index is 0.304. The standard InChI is InChI=1S/C10H8N2O.C7H8/c11-10(13)9-6-5-7-3-1-2-4-8(7)12-9;1-7-5-3-2-4-6-7/h1-6H,(H2,11,13);2-6H,1H3. The van der Waals surface area contributed by atoms with E-state index < -0.39 is 5.91 Å². The van der Waals surface area contributed by atoms with Crippen molar-refractivity contribution >= 4 is 16.8 Å². The van der Waals surface area contributed by atoms with E-state index in [0.717, 1.165) is 10.9 Å². The van der Waals surface area contributed by atoms with Crippen LogP contribution in [-0.2, 0) is 0 Å². The summed E-state index contributed by atoms with van der Waals surface area (Å²) in [6.07, 6.45) is 0. The normalized spacial score (nSPS) is 9.65. The molecule has 0 atom stereocenters. The molecule has 20 heavy (non-hydrogen) atoms. The van der Waals surface area contributed by atoms with Crippen molar-refractivity contribution in [3.63, 3.8) is 0 Å². The number of aromatic nitrogens is 1. The molecule has 3 rings (SSSR count). The molecular formula is C17H16N2O. The zero-order valence-corrected chi connectivity index (χ0v) is 11.3. The number of para-hydroxylation sites is 1. The highest BCUT2D eigenvalue weighted by Crippen LogP contribution is 2.11. The Morgan fingerprint density at radius 1 is 0.900 bits per heavy atom. The van der Waals surface area contributed by atoms with Crippen LogP contribution in [0.1, 0.15) is 16.1 Å². The average molecular weight is 264 g/mol. The zero-order valence-electron chi connectivity index (χ0n) is 11.3. The number of carbonyl (C=O) groups excluding carboxylic acids is 1. The Kier molecular flexibility index (Phi) is 4.45. The van der Waals surface area contributed by atoms with Crippen LogP contribution in [0.4, 0.5) is 0 Å². The molecule has 0 saturated carbocycles. The van der Waals surface area contributed by atoms with Gasteiger partial charge in [-0.1, -0.05) is 60.2 Å². The molecule has 1 amide bonds. The third-order valence-corrected chi connectivity index (χ3v) is 2.79. The summed E-state index contributed by atoms with van der Waals surface area (Å²) >= 11 is 0. The number of nitrogens with two attached hydrogens (primary N) is 1. The number of pyridine rings is 1. The Labute approximate surface area is 118 Å². The Morgan fingerprint density at radius 2 is 1.55 bits per heavy atom. The van der Waals surface area contributed by atoms with Crippen LogP contribution in [0.15, 0.2) is 66.7 Å². The molecule has 2 aromatic carbocycles. The van der Waals surface area contributed by atoms with Gasteiger partial charge in [0.25, 0.3) is 5.91 Å². The molecule has 0 unspecified atom stereocenters. The SMILES string of the molecule is Cc1ccccc1.NC(=O)c1ccc2ccccc2n1. The van der Waals surface area contributed by atoms with Gasteiger partial charge in [0.15, 0.2) is 0 Å². The van der Waals surface area contributed by atoms with Gasteiger partial charge in [-0.05, 0) is 19.1 Å². The van der Waals surface area contributed by atoms with E-state index in [2.05, 4.69) is 24.0 Å². The van der Waals surface area contributed by atoms with Gasteiger partial charge < -0.3 is 5.73 Å². The Morgan fingerprint density at radius 3 is 2.15 bits per heavy atom. The summed E-state index contributed by atoms with van der Waals surface area (Å²) in [6, 6.07) is 21.3. The fourth-order valence-electron chi connectivity index (χ4n) is 1.74. The number of primary amides is 1. The van der Waals surface area contributed by atoms with Crippen molar-refractivity contribution in [3.05, 3.63) is 78.0 Å². The second kappa shape index (κ2) is 6.48. The predicted molar refractivity (Wildman–Crippen MR) is 81.4 cm³/mol. The van der Waals surface area contributed by atoms with Crippen molar-refractivity contribution in [2.24, 2.45) is 5.73 Å². The van der Waals surface area contributed by atoms with Gasteiger partial charge in [-0.25, -0.2) is 4.98 Å². The number of aryl methyl sites for hydroxylation is 1. The third-order valence-electron chi connectivity index (χ3n) is 2.79. The average Bonchev–Trinajstić information content (AvgIpc) is 2.48. The molecule has 2 N–H and O–H groups in total. The lowest BCUT2D eigenvalue weighted by Gasteiger charge is -1.97. The van der Waals surface area contributed by atoms with E-state index in [1.165, 1.54) is 5.56 Å². The van der Waals surface area contributed by atoms with Crippen molar-refractivity contribution in [1.29, 1.82) is 0 Å². The van der Waals surface area contributed by atoms with Crippen molar-refractivity contribution in [3.8, 4) is 0 Å². The van der Waals surface area contributed by atoms with Gasteiger partial charge >= 0.3 is 0 Å². The molecular weight excluding hydrogens is 248 g/mol. The van der Waals surface area contributed by atoms with Crippen LogP contribution in [0.25, 0.3) is 10.9 Å². The number of benzene rings is 2. The second-order valence-corrected chi connectivity index (χ2v) is 4.41. The monoisotopic (exact) mass is 264 g/mol. The van der Waals surface area contributed by atoms with E-state index >= 15 is 0 Å². The predicted octanol–water partition coefficient (Wildman–Crippen LogP) is 3.33. The molecule has 0 aliphatic carbocycles. The van der Waals surface area contributed by atoms with Gasteiger partial charge in [-0.2, -0.15) is 0 Å². The van der Waals surface area contributed by atoms with Gasteiger partial charge in [0.05, 0.1) is 5.52 Å². The molecule has 0 aliphatic rings. The number of amides is 1. The van der Waals surface area contributed by atoms with Crippen LogP contribution < -0.4 is 5.73 Å². The van der Waals surface area contributed by atoms with Gasteiger partial charge in [0.2, 0.25) is 0 Å². The van der Waals surface area contributed by atoms with E-state index in [1.807, 2.05) is 48.5 Å². The maximum absolute atomic E-state index is 10.8. The minimum Gasteiger partial charge on any atom is -0.364 e. The second-order valence-electron chi connectivity index (χ2n) is 4.41. The molecule has 3 nitrogen and oxygen atoms in total. The lowest BCUT2D eigenvalue weighted by molar-refractivity contribution is 0.0996. The lowest BCUT2D eigenvalue weighted by Crippen LogP contribution is -2.12. The summed E-state index contributed by atoms with van der Waals surface area (Å²) < 4.78 is 0. The van der Waals surface area contributed by atoms with E-state index in [1.54, 1.807) is 6.07 Å². The van der Waals surface area contributed by atoms with Gasteiger partial charge in [0, 0.05) is 5.39 Å². The maximum atomic E-state index is 10.8. The van der Waals surface area contributed by atoms with Gasteiger partial charge in [-0.15, -0.1) is 0 Å². The highest BCUT2D eigenvalue weighted by molar-refractivity contribution is 5.93. The summed E-state index contributed by atoms with van der Waals surface area (Å²) in [5, 5.41) is 1.01. The highest BCUT2D eigenvalue weighted by atomic mass is 16.1. The van der Waals surface area contributed by atoms with Gasteiger partial charge in [-0.3, -0.25) is 4.79 Å². The fourth-order valence-corrected chi connectivity index (χ4v) is 1.74. The van der Waals surface area contributed by atoms with Crippen molar-refractivity contribution in [2.45, 2.75) is 6.92 Å². The zero-order chi connectivity index (χ0) is 14.4. The van der Waals surface area contributed by atoms with Crippen LogP contribution in [0, 0.1) is 6.92 Å². The van der Waals surface area contributed by atoms with E-state index in [0.29, 0.717) is 5.69 Å². The van der Waals surface area contributed by atoms with Crippen molar-refractivity contribution in [2.75, 3.05) is 0 Å². The van der Waals surface area contributed by atoms with Crippen LogP contribution in [0.5, 0.6) is 0 Å². The Bertz CT molecular complexity index is 708. The molecule has 3 aromatic rings. The number of hydrogen-bond acceptors (Lipinski definition) is 2.